The number of ether oxygens (including phenoxy) is 5. The lowest BCUT2D eigenvalue weighted by Crippen LogP contribution is -2.48. The fraction of sp³-hybridized carbons (Fsp3) is 0.500. The summed E-state index contributed by atoms with van der Waals surface area (Å²) < 4.78 is 56.3. The van der Waals surface area contributed by atoms with E-state index in [0.717, 1.165) is 0 Å². The van der Waals surface area contributed by atoms with Gasteiger partial charge in [-0.3, -0.25) is 18.9 Å². The fourth-order valence-corrected chi connectivity index (χ4v) is 7.01. The number of aromatic nitrogens is 3. The Balaban J connectivity index is 1.43. The number of esters is 3. The monoisotopic (exact) mass is 675 g/mol. The average molecular weight is 676 g/mol. The average Bonchev–Trinajstić information content (AvgIpc) is 3.57. The van der Waals surface area contributed by atoms with E-state index in [1.807, 2.05) is 0 Å². The molecule has 4 heterocycles. The molecule has 0 bridgehead atoms. The van der Waals surface area contributed by atoms with Crippen LogP contribution in [0.2, 0.25) is 0 Å². The Kier molecular flexibility index (Phi) is 10.5. The molecule has 47 heavy (non-hydrogen) atoms. The summed E-state index contributed by atoms with van der Waals surface area (Å²) in [5.74, 6) is -1.63. The summed E-state index contributed by atoms with van der Waals surface area (Å²) in [6, 6.07) is 10.4. The van der Waals surface area contributed by atoms with Crippen molar-refractivity contribution in [1.82, 2.24) is 19.7 Å². The SMILES string of the molecule is CC(=O)O[C@H]1[C@H](c2ccc3c(N)ncnn23)O[C@](C)(COP(=O)(N[C@@H](C)C(=O)OC2CCOCC2)Oc2ccccc2)[C@H]1OC(C)=O. The summed E-state index contributed by atoms with van der Waals surface area (Å²) in [5, 5.41) is 6.92. The Labute approximate surface area is 270 Å². The number of carbonyl (C=O) groups is 3. The van der Waals surface area contributed by atoms with Gasteiger partial charge in [0, 0.05) is 26.7 Å². The van der Waals surface area contributed by atoms with Gasteiger partial charge in [-0.1, -0.05) is 18.2 Å². The quantitative estimate of drug-likeness (QED) is 0.161. The molecule has 3 N–H and O–H groups in total. The topological polar surface area (TPSA) is 201 Å². The highest BCUT2D eigenvalue weighted by molar-refractivity contribution is 7.52. The number of rotatable bonds is 12. The Morgan fingerprint density at radius 3 is 2.47 bits per heavy atom. The zero-order valence-electron chi connectivity index (χ0n) is 26.4. The minimum absolute atomic E-state index is 0.190. The molecule has 0 radical (unpaired) electrons. The summed E-state index contributed by atoms with van der Waals surface area (Å²) in [4.78, 5) is 41.6. The maximum absolute atomic E-state index is 14.3. The van der Waals surface area contributed by atoms with Crippen LogP contribution in [0.1, 0.15) is 52.3 Å². The Morgan fingerprint density at radius 2 is 1.79 bits per heavy atom. The van der Waals surface area contributed by atoms with Crippen molar-refractivity contribution in [3.8, 4) is 5.75 Å². The number of nitrogen functional groups attached to an aromatic ring is 1. The standard InChI is InChI=1S/C30H38N5O11P/c1-18(29(38)44-21-12-14-40-15-13-21)34-47(39,46-22-8-6-5-7-9-22)41-16-30(4)27(43-20(3)37)26(42-19(2)36)25(45-30)23-10-11-24-28(31)32-17-33-35(23)24/h5-11,17-18,21,25-27H,12-16H2,1-4H3,(H,34,39)(H2,31,32,33)/t18-,25-,26-,27-,30+,47?/m0/s1. The predicted molar refractivity (Wildman–Crippen MR) is 164 cm³/mol. The zero-order chi connectivity index (χ0) is 33.8. The zero-order valence-corrected chi connectivity index (χ0v) is 27.3. The first kappa shape index (κ1) is 34.3. The van der Waals surface area contributed by atoms with Gasteiger partial charge in [0.25, 0.3) is 0 Å². The minimum atomic E-state index is -4.38. The molecule has 2 aromatic heterocycles. The second kappa shape index (κ2) is 14.4. The first-order valence-electron chi connectivity index (χ1n) is 15.0. The van der Waals surface area contributed by atoms with Gasteiger partial charge in [-0.05, 0) is 38.1 Å². The van der Waals surface area contributed by atoms with Crippen molar-refractivity contribution in [2.24, 2.45) is 0 Å². The van der Waals surface area contributed by atoms with Crippen molar-refractivity contribution < 1.29 is 51.7 Å². The molecule has 1 aromatic carbocycles. The Bertz CT molecular complexity index is 1630. The second-order valence-electron chi connectivity index (χ2n) is 11.4. The van der Waals surface area contributed by atoms with E-state index in [9.17, 15) is 18.9 Å². The second-order valence-corrected chi connectivity index (χ2v) is 13.1. The van der Waals surface area contributed by atoms with Crippen LogP contribution in [0.15, 0.2) is 48.8 Å². The van der Waals surface area contributed by atoms with Crippen LogP contribution in [0.4, 0.5) is 5.82 Å². The molecule has 0 saturated carbocycles. The highest BCUT2D eigenvalue weighted by Gasteiger charge is 2.58. The van der Waals surface area contributed by atoms with Gasteiger partial charge in [0.2, 0.25) is 0 Å². The van der Waals surface area contributed by atoms with Crippen molar-refractivity contribution in [2.75, 3.05) is 25.6 Å². The number of nitrogens with two attached hydrogens (primary N) is 1. The van der Waals surface area contributed by atoms with Crippen molar-refractivity contribution >= 4 is 37.0 Å². The summed E-state index contributed by atoms with van der Waals surface area (Å²) in [7, 11) is -4.38. The lowest BCUT2D eigenvalue weighted by Gasteiger charge is -2.32. The first-order valence-corrected chi connectivity index (χ1v) is 16.6. The van der Waals surface area contributed by atoms with Crippen LogP contribution in [-0.4, -0.2) is 82.3 Å². The normalized spacial score (nSPS) is 25.1. The largest absolute Gasteiger partial charge is 0.461 e. The molecule has 0 aliphatic carbocycles. The number of hydrogen-bond acceptors (Lipinski definition) is 14. The molecule has 0 spiro atoms. The molecule has 6 atom stereocenters. The van der Waals surface area contributed by atoms with Gasteiger partial charge in [0.05, 0.1) is 25.5 Å². The van der Waals surface area contributed by atoms with E-state index < -0.39 is 62.2 Å². The third-order valence-electron chi connectivity index (χ3n) is 7.64. The highest BCUT2D eigenvalue weighted by Crippen LogP contribution is 2.49. The van der Waals surface area contributed by atoms with Gasteiger partial charge in [0.15, 0.2) is 18.0 Å². The predicted octanol–water partition coefficient (Wildman–Crippen LogP) is 2.91. The molecular formula is C30H38N5O11P. The summed E-state index contributed by atoms with van der Waals surface area (Å²) in [6.45, 7) is 5.84. The van der Waals surface area contributed by atoms with Crippen LogP contribution >= 0.6 is 7.75 Å². The van der Waals surface area contributed by atoms with Crippen molar-refractivity contribution in [1.29, 1.82) is 0 Å². The van der Waals surface area contributed by atoms with E-state index in [1.165, 1.54) is 31.6 Å². The Hall–Kier alpha value is -4.08. The van der Waals surface area contributed by atoms with Gasteiger partial charge in [0.1, 0.15) is 41.4 Å². The number of carbonyl (C=O) groups excluding carboxylic acids is 3. The first-order chi connectivity index (χ1) is 22.4. The smallest absolute Gasteiger partial charge is 0.459 e. The van der Waals surface area contributed by atoms with E-state index in [1.54, 1.807) is 49.4 Å². The van der Waals surface area contributed by atoms with Crippen LogP contribution in [-0.2, 0) is 47.2 Å². The molecule has 5 rings (SSSR count). The van der Waals surface area contributed by atoms with Crippen LogP contribution in [0, 0.1) is 0 Å². The Morgan fingerprint density at radius 1 is 1.09 bits per heavy atom. The van der Waals surface area contributed by atoms with Crippen LogP contribution in [0.25, 0.3) is 5.52 Å². The molecule has 0 amide bonds. The number of hydrogen-bond donors (Lipinski definition) is 2. The number of anilines is 1. The van der Waals surface area contributed by atoms with E-state index in [-0.39, 0.29) is 17.7 Å². The maximum Gasteiger partial charge on any atom is 0.459 e. The molecule has 2 fully saturated rings. The molecule has 2 saturated heterocycles. The van der Waals surface area contributed by atoms with Crippen molar-refractivity contribution in [3.63, 3.8) is 0 Å². The van der Waals surface area contributed by atoms with Crippen LogP contribution in [0.3, 0.4) is 0 Å². The van der Waals surface area contributed by atoms with E-state index in [2.05, 4.69) is 15.2 Å². The lowest BCUT2D eigenvalue weighted by molar-refractivity contribution is -0.169. The van der Waals surface area contributed by atoms with E-state index in [0.29, 0.717) is 37.3 Å². The molecule has 1 unspecified atom stereocenters. The number of benzene rings is 1. The van der Waals surface area contributed by atoms with E-state index in [4.69, 9.17) is 38.5 Å². The number of para-hydroxylation sites is 1. The summed E-state index contributed by atoms with van der Waals surface area (Å²) >= 11 is 0. The summed E-state index contributed by atoms with van der Waals surface area (Å²) in [6.07, 6.45) is -1.49. The van der Waals surface area contributed by atoms with Crippen molar-refractivity contribution in [3.05, 3.63) is 54.5 Å². The summed E-state index contributed by atoms with van der Waals surface area (Å²) in [5.41, 5.74) is 5.32. The lowest BCUT2D eigenvalue weighted by atomic mass is 9.96. The fourth-order valence-electron chi connectivity index (χ4n) is 5.42. The third kappa shape index (κ3) is 8.08. The van der Waals surface area contributed by atoms with Crippen LogP contribution in [0.5, 0.6) is 5.75 Å². The molecule has 17 heteroatoms. The van der Waals surface area contributed by atoms with Gasteiger partial charge in [-0.15, -0.1) is 0 Å². The number of fused-ring (bicyclic) bond motifs is 1. The molecule has 2 aliphatic heterocycles. The molecule has 3 aromatic rings. The van der Waals surface area contributed by atoms with E-state index >= 15 is 0 Å². The maximum atomic E-state index is 14.3. The molecule has 2 aliphatic rings. The third-order valence-corrected chi connectivity index (χ3v) is 9.26. The molecular weight excluding hydrogens is 637 g/mol. The molecule has 16 nitrogen and oxygen atoms in total. The number of nitrogens with zero attached hydrogens (tertiary/aromatic N) is 3. The van der Waals surface area contributed by atoms with Gasteiger partial charge in [-0.25, -0.2) is 14.1 Å². The minimum Gasteiger partial charge on any atom is -0.461 e. The van der Waals surface area contributed by atoms with Crippen molar-refractivity contribution in [2.45, 2.75) is 76.6 Å². The van der Waals surface area contributed by atoms with Crippen LogP contribution < -0.4 is 15.3 Å². The van der Waals surface area contributed by atoms with Gasteiger partial charge in [-0.2, -0.15) is 10.2 Å². The van der Waals surface area contributed by atoms with Gasteiger partial charge < -0.3 is 33.9 Å². The number of nitrogens with one attached hydrogen (secondary N) is 1. The molecule has 254 valence electrons. The van der Waals surface area contributed by atoms with Gasteiger partial charge >= 0.3 is 25.7 Å². The highest BCUT2D eigenvalue weighted by atomic mass is 31.2.